The molecule has 0 spiro atoms. The molecule has 7 nitrogen and oxygen atoms in total. The van der Waals surface area contributed by atoms with E-state index in [2.05, 4.69) is 19.4 Å². The second kappa shape index (κ2) is 8.19. The molecule has 0 amide bonds. The van der Waals surface area contributed by atoms with Crippen molar-refractivity contribution in [1.29, 1.82) is 5.26 Å². The molecule has 2 heterocycles. The van der Waals surface area contributed by atoms with Crippen molar-refractivity contribution in [2.24, 2.45) is 0 Å². The normalized spacial score (nSPS) is 11.6. The molecule has 0 unspecified atom stereocenters. The first-order valence-electron chi connectivity index (χ1n) is 8.39. The van der Waals surface area contributed by atoms with E-state index >= 15 is 0 Å². The van der Waals surface area contributed by atoms with Gasteiger partial charge in [0.25, 0.3) is 10.0 Å². The van der Waals surface area contributed by atoms with Gasteiger partial charge in [-0.15, -0.1) is 13.2 Å². The van der Waals surface area contributed by atoms with Crippen LogP contribution in [-0.2, 0) is 10.0 Å². The summed E-state index contributed by atoms with van der Waals surface area (Å²) in [6, 6.07) is 8.77. The van der Waals surface area contributed by atoms with Gasteiger partial charge in [-0.1, -0.05) is 0 Å². The number of alkyl halides is 3. The van der Waals surface area contributed by atoms with Gasteiger partial charge in [-0.3, -0.25) is 9.71 Å². The number of nitriles is 1. The average molecular weight is 452 g/mol. The Labute approximate surface area is 174 Å². The smallest absolute Gasteiger partial charge is 0.388 e. The van der Waals surface area contributed by atoms with Gasteiger partial charge in [0.15, 0.2) is 0 Å². The molecule has 1 N–H and O–H groups in total. The molecule has 0 bridgehead atoms. The SMILES string of the molecule is Cc1cc(NS(=O)(=O)c2ccnc(OC(F)(F)F)c2)cc(-c2cc(F)c(C#N)cn2)c1. The molecule has 0 radical (unpaired) electrons. The topological polar surface area (TPSA) is 105 Å². The highest BCUT2D eigenvalue weighted by Crippen LogP contribution is 2.27. The number of rotatable bonds is 5. The summed E-state index contributed by atoms with van der Waals surface area (Å²) in [6.07, 6.45) is -3.12. The first kappa shape index (κ1) is 22.0. The summed E-state index contributed by atoms with van der Waals surface area (Å²) in [4.78, 5) is 6.82. The number of nitrogens with zero attached hydrogens (tertiary/aromatic N) is 3. The van der Waals surface area contributed by atoms with Crippen molar-refractivity contribution in [2.75, 3.05) is 4.72 Å². The van der Waals surface area contributed by atoms with Gasteiger partial charge in [0.2, 0.25) is 5.88 Å². The van der Waals surface area contributed by atoms with E-state index in [0.717, 1.165) is 24.5 Å². The van der Waals surface area contributed by atoms with Gasteiger partial charge >= 0.3 is 6.36 Å². The number of anilines is 1. The van der Waals surface area contributed by atoms with E-state index in [-0.39, 0.29) is 16.9 Å². The Balaban J connectivity index is 1.93. The largest absolute Gasteiger partial charge is 0.574 e. The molecular formula is C19H12F4N4O3S. The molecule has 0 saturated carbocycles. The van der Waals surface area contributed by atoms with E-state index in [4.69, 9.17) is 5.26 Å². The Morgan fingerprint density at radius 1 is 1.13 bits per heavy atom. The van der Waals surface area contributed by atoms with Gasteiger partial charge in [-0.2, -0.15) is 5.26 Å². The minimum Gasteiger partial charge on any atom is -0.388 e. The van der Waals surface area contributed by atoms with Crippen LogP contribution < -0.4 is 9.46 Å². The summed E-state index contributed by atoms with van der Waals surface area (Å²) in [7, 11) is -4.30. The number of hydrogen-bond acceptors (Lipinski definition) is 6. The molecular weight excluding hydrogens is 440 g/mol. The maximum atomic E-state index is 13.9. The summed E-state index contributed by atoms with van der Waals surface area (Å²) in [6.45, 7) is 1.66. The Morgan fingerprint density at radius 2 is 1.87 bits per heavy atom. The Hall–Kier alpha value is -3.72. The van der Waals surface area contributed by atoms with Crippen LogP contribution in [-0.4, -0.2) is 24.7 Å². The fraction of sp³-hybridized carbons (Fsp3) is 0.105. The fourth-order valence-electron chi connectivity index (χ4n) is 2.61. The number of aryl methyl sites for hydroxylation is 1. The third kappa shape index (κ3) is 5.46. The zero-order chi connectivity index (χ0) is 22.8. The molecule has 0 fully saturated rings. The highest BCUT2D eigenvalue weighted by molar-refractivity contribution is 7.92. The highest BCUT2D eigenvalue weighted by atomic mass is 32.2. The maximum Gasteiger partial charge on any atom is 0.574 e. The van der Waals surface area contributed by atoms with E-state index in [9.17, 15) is 26.0 Å². The minimum atomic E-state index is -5.03. The van der Waals surface area contributed by atoms with E-state index in [1.54, 1.807) is 19.1 Å². The van der Waals surface area contributed by atoms with E-state index in [0.29, 0.717) is 17.2 Å². The number of hydrogen-bond donors (Lipinski definition) is 1. The Morgan fingerprint density at radius 3 is 2.52 bits per heavy atom. The fourth-order valence-corrected chi connectivity index (χ4v) is 3.65. The summed E-state index contributed by atoms with van der Waals surface area (Å²) in [5.74, 6) is -1.72. The van der Waals surface area contributed by atoms with Crippen LogP contribution in [0.3, 0.4) is 0 Å². The Kier molecular flexibility index (Phi) is 5.81. The van der Waals surface area contributed by atoms with Crippen LogP contribution in [0, 0.1) is 24.1 Å². The molecule has 12 heteroatoms. The number of halogens is 4. The highest BCUT2D eigenvalue weighted by Gasteiger charge is 2.32. The predicted octanol–water partition coefficient (Wildman–Crippen LogP) is 4.16. The lowest BCUT2D eigenvalue weighted by molar-refractivity contribution is -0.276. The van der Waals surface area contributed by atoms with Crippen LogP contribution >= 0.6 is 0 Å². The number of sulfonamides is 1. The molecule has 0 aliphatic rings. The van der Waals surface area contributed by atoms with Gasteiger partial charge in [-0.05, 0) is 36.8 Å². The summed E-state index contributed by atoms with van der Waals surface area (Å²) in [5.41, 5.74) is 0.934. The van der Waals surface area contributed by atoms with Gasteiger partial charge < -0.3 is 4.74 Å². The summed E-state index contributed by atoms with van der Waals surface area (Å²) >= 11 is 0. The number of aromatic nitrogens is 2. The van der Waals surface area contributed by atoms with Crippen molar-refractivity contribution in [2.45, 2.75) is 18.2 Å². The third-order valence-electron chi connectivity index (χ3n) is 3.84. The monoisotopic (exact) mass is 452 g/mol. The quantitative estimate of drug-likeness (QED) is 0.583. The van der Waals surface area contributed by atoms with E-state index in [1.807, 2.05) is 0 Å². The summed E-state index contributed by atoms with van der Waals surface area (Å²) in [5, 5.41) is 8.80. The van der Waals surface area contributed by atoms with Crippen molar-refractivity contribution in [3.05, 3.63) is 65.7 Å². The van der Waals surface area contributed by atoms with Crippen molar-refractivity contribution in [1.82, 2.24) is 9.97 Å². The predicted molar refractivity (Wildman–Crippen MR) is 101 cm³/mol. The molecule has 0 saturated heterocycles. The van der Waals surface area contributed by atoms with Crippen molar-refractivity contribution >= 4 is 15.7 Å². The third-order valence-corrected chi connectivity index (χ3v) is 5.22. The van der Waals surface area contributed by atoms with Crippen molar-refractivity contribution in [3.8, 4) is 23.2 Å². The van der Waals surface area contributed by atoms with Gasteiger partial charge in [-0.25, -0.2) is 17.8 Å². The average Bonchev–Trinajstić information content (AvgIpc) is 2.66. The molecule has 0 aliphatic carbocycles. The first-order chi connectivity index (χ1) is 14.5. The van der Waals surface area contributed by atoms with Crippen LogP contribution in [0.25, 0.3) is 11.3 Å². The lowest BCUT2D eigenvalue weighted by atomic mass is 10.1. The molecule has 0 atom stereocenters. The molecule has 2 aromatic heterocycles. The standard InChI is InChI=1S/C19H12F4N4O3S/c1-11-4-12(17-8-16(20)13(9-24)10-26-17)6-14(5-11)27-31(28,29)15-2-3-25-18(7-15)30-19(21,22)23/h2-8,10,27H,1H3. The van der Waals surface area contributed by atoms with Crippen LogP contribution in [0.2, 0.25) is 0 Å². The number of benzene rings is 1. The van der Waals surface area contributed by atoms with Crippen LogP contribution in [0.4, 0.5) is 23.2 Å². The zero-order valence-electron chi connectivity index (χ0n) is 15.6. The maximum absolute atomic E-state index is 13.9. The first-order valence-corrected chi connectivity index (χ1v) is 9.87. The zero-order valence-corrected chi connectivity index (χ0v) is 16.4. The molecule has 0 aliphatic heterocycles. The van der Waals surface area contributed by atoms with Crippen LogP contribution in [0.5, 0.6) is 5.88 Å². The number of pyridine rings is 2. The molecule has 3 aromatic rings. The molecule has 3 rings (SSSR count). The van der Waals surface area contributed by atoms with Gasteiger partial charge in [0.05, 0.1) is 10.6 Å². The molecule has 160 valence electrons. The van der Waals surface area contributed by atoms with E-state index in [1.165, 1.54) is 12.1 Å². The Bertz CT molecular complexity index is 1290. The second-order valence-corrected chi connectivity index (χ2v) is 7.91. The molecule has 31 heavy (non-hydrogen) atoms. The van der Waals surface area contributed by atoms with Crippen molar-refractivity contribution in [3.63, 3.8) is 0 Å². The van der Waals surface area contributed by atoms with Crippen LogP contribution in [0.15, 0.2) is 53.7 Å². The summed E-state index contributed by atoms with van der Waals surface area (Å²) < 4.78 is 82.2. The van der Waals surface area contributed by atoms with Crippen LogP contribution in [0.1, 0.15) is 11.1 Å². The minimum absolute atomic E-state index is 0.0664. The lowest BCUT2D eigenvalue weighted by Gasteiger charge is -2.12. The number of nitrogens with one attached hydrogen (secondary N) is 1. The van der Waals surface area contributed by atoms with Gasteiger partial charge in [0.1, 0.15) is 17.4 Å². The van der Waals surface area contributed by atoms with Gasteiger partial charge in [0, 0.05) is 35.8 Å². The number of ether oxygens (including phenoxy) is 1. The molecule has 1 aromatic carbocycles. The van der Waals surface area contributed by atoms with Crippen molar-refractivity contribution < 1.29 is 30.7 Å². The van der Waals surface area contributed by atoms with E-state index < -0.39 is 33.0 Å². The lowest BCUT2D eigenvalue weighted by Crippen LogP contribution is -2.19. The second-order valence-electron chi connectivity index (χ2n) is 6.23.